The van der Waals surface area contributed by atoms with Gasteiger partial charge in [-0.15, -0.1) is 0 Å². The Kier molecular flexibility index (Phi) is 5.01. The van der Waals surface area contributed by atoms with Crippen molar-refractivity contribution in [2.45, 2.75) is 44.6 Å². The van der Waals surface area contributed by atoms with E-state index in [0.29, 0.717) is 24.4 Å². The highest BCUT2D eigenvalue weighted by Gasteiger charge is 2.30. The van der Waals surface area contributed by atoms with E-state index in [0.717, 1.165) is 19.6 Å². The molecule has 0 aromatic carbocycles. The van der Waals surface area contributed by atoms with Gasteiger partial charge in [0.1, 0.15) is 0 Å². The minimum absolute atomic E-state index is 0.305. The Labute approximate surface area is 110 Å². The van der Waals surface area contributed by atoms with Gasteiger partial charge in [0.05, 0.1) is 6.54 Å². The number of amides is 1. The SMILES string of the molecule is CN(CC(=O)N1CCCCC1)C1CCCC1CN. The molecule has 1 aliphatic carbocycles. The lowest BCUT2D eigenvalue weighted by Gasteiger charge is -2.32. The number of carbonyl (C=O) groups is 1. The van der Waals surface area contributed by atoms with Crippen LogP contribution in [0.2, 0.25) is 0 Å². The molecule has 4 nitrogen and oxygen atoms in total. The molecule has 2 aliphatic rings. The van der Waals surface area contributed by atoms with Crippen LogP contribution in [0.3, 0.4) is 0 Å². The van der Waals surface area contributed by atoms with E-state index in [1.165, 1.54) is 38.5 Å². The van der Waals surface area contributed by atoms with Crippen molar-refractivity contribution < 1.29 is 4.79 Å². The van der Waals surface area contributed by atoms with Crippen molar-refractivity contribution >= 4 is 5.91 Å². The van der Waals surface area contributed by atoms with Gasteiger partial charge in [-0.05, 0) is 51.6 Å². The summed E-state index contributed by atoms with van der Waals surface area (Å²) in [5.74, 6) is 0.893. The second-order valence-electron chi connectivity index (χ2n) is 5.85. The number of carbonyl (C=O) groups excluding carboxylic acids is 1. The summed E-state index contributed by atoms with van der Waals surface area (Å²) in [7, 11) is 2.08. The van der Waals surface area contributed by atoms with Crippen LogP contribution in [-0.2, 0) is 4.79 Å². The molecule has 1 saturated carbocycles. The molecule has 0 aromatic heterocycles. The van der Waals surface area contributed by atoms with E-state index in [1.54, 1.807) is 0 Å². The smallest absolute Gasteiger partial charge is 0.236 e. The van der Waals surface area contributed by atoms with Crippen LogP contribution in [0.15, 0.2) is 0 Å². The van der Waals surface area contributed by atoms with E-state index in [-0.39, 0.29) is 0 Å². The molecule has 1 saturated heterocycles. The Hall–Kier alpha value is -0.610. The molecule has 2 fully saturated rings. The number of nitrogens with zero attached hydrogens (tertiary/aromatic N) is 2. The van der Waals surface area contributed by atoms with Gasteiger partial charge in [0, 0.05) is 19.1 Å². The first-order valence-electron chi connectivity index (χ1n) is 7.40. The van der Waals surface area contributed by atoms with Crippen LogP contribution < -0.4 is 5.73 Å². The predicted molar refractivity (Wildman–Crippen MR) is 73.2 cm³/mol. The van der Waals surface area contributed by atoms with Crippen LogP contribution in [-0.4, -0.2) is 55.0 Å². The summed E-state index contributed by atoms with van der Waals surface area (Å²) in [6, 6.07) is 0.517. The van der Waals surface area contributed by atoms with Gasteiger partial charge in [0.25, 0.3) is 0 Å². The van der Waals surface area contributed by atoms with Crippen molar-refractivity contribution in [1.82, 2.24) is 9.80 Å². The van der Waals surface area contributed by atoms with Crippen LogP contribution in [0.4, 0.5) is 0 Å². The monoisotopic (exact) mass is 253 g/mol. The van der Waals surface area contributed by atoms with Gasteiger partial charge in [0.2, 0.25) is 5.91 Å². The van der Waals surface area contributed by atoms with Crippen molar-refractivity contribution in [1.29, 1.82) is 0 Å². The Morgan fingerprint density at radius 2 is 1.94 bits per heavy atom. The van der Waals surface area contributed by atoms with Crippen LogP contribution in [0.5, 0.6) is 0 Å². The molecule has 2 atom stereocenters. The largest absolute Gasteiger partial charge is 0.342 e. The third kappa shape index (κ3) is 3.23. The first kappa shape index (κ1) is 13.8. The molecule has 2 unspecified atom stereocenters. The highest BCUT2D eigenvalue weighted by atomic mass is 16.2. The van der Waals surface area contributed by atoms with Crippen molar-refractivity contribution in [2.24, 2.45) is 11.7 Å². The molecule has 0 spiro atoms. The van der Waals surface area contributed by atoms with E-state index in [9.17, 15) is 4.79 Å². The Bertz CT molecular complexity index is 276. The number of hydrogen-bond donors (Lipinski definition) is 1. The van der Waals surface area contributed by atoms with Gasteiger partial charge in [-0.2, -0.15) is 0 Å². The number of hydrogen-bond acceptors (Lipinski definition) is 3. The van der Waals surface area contributed by atoms with Gasteiger partial charge < -0.3 is 10.6 Å². The average Bonchev–Trinajstić information content (AvgIpc) is 2.88. The Morgan fingerprint density at radius 3 is 2.61 bits per heavy atom. The fraction of sp³-hybridized carbons (Fsp3) is 0.929. The van der Waals surface area contributed by atoms with Crippen LogP contribution >= 0.6 is 0 Å². The molecule has 0 radical (unpaired) electrons. The topological polar surface area (TPSA) is 49.6 Å². The zero-order valence-corrected chi connectivity index (χ0v) is 11.6. The average molecular weight is 253 g/mol. The number of nitrogens with two attached hydrogens (primary N) is 1. The van der Waals surface area contributed by atoms with Gasteiger partial charge >= 0.3 is 0 Å². The number of likely N-dealkylation sites (tertiary alicyclic amines) is 1. The van der Waals surface area contributed by atoms with Crippen LogP contribution in [0.1, 0.15) is 38.5 Å². The molecule has 0 aromatic rings. The minimum atomic E-state index is 0.305. The summed E-state index contributed by atoms with van der Waals surface area (Å²) < 4.78 is 0. The molecule has 18 heavy (non-hydrogen) atoms. The number of rotatable bonds is 4. The van der Waals surface area contributed by atoms with Gasteiger partial charge in [-0.1, -0.05) is 6.42 Å². The first-order valence-corrected chi connectivity index (χ1v) is 7.40. The lowest BCUT2D eigenvalue weighted by atomic mass is 10.0. The molecule has 2 rings (SSSR count). The fourth-order valence-electron chi connectivity index (χ4n) is 3.45. The van der Waals surface area contributed by atoms with E-state index in [2.05, 4.69) is 11.9 Å². The van der Waals surface area contributed by atoms with Crippen LogP contribution in [0, 0.1) is 5.92 Å². The van der Waals surface area contributed by atoms with E-state index < -0.39 is 0 Å². The highest BCUT2D eigenvalue weighted by molar-refractivity contribution is 5.78. The Morgan fingerprint density at radius 1 is 1.22 bits per heavy atom. The number of likely N-dealkylation sites (N-methyl/N-ethyl adjacent to an activating group) is 1. The highest BCUT2D eigenvalue weighted by Crippen LogP contribution is 2.28. The summed E-state index contributed by atoms with van der Waals surface area (Å²) in [6.45, 7) is 3.24. The van der Waals surface area contributed by atoms with E-state index >= 15 is 0 Å². The summed E-state index contributed by atoms with van der Waals surface area (Å²) >= 11 is 0. The third-order valence-corrected chi connectivity index (χ3v) is 4.58. The van der Waals surface area contributed by atoms with Gasteiger partial charge in [0.15, 0.2) is 0 Å². The standard InChI is InChI=1S/C14H27N3O/c1-16(13-7-5-6-12(13)10-15)11-14(18)17-8-3-2-4-9-17/h12-13H,2-11,15H2,1H3. The summed E-state index contributed by atoms with van der Waals surface area (Å²) in [4.78, 5) is 16.5. The molecular formula is C14H27N3O. The third-order valence-electron chi connectivity index (χ3n) is 4.58. The fourth-order valence-corrected chi connectivity index (χ4v) is 3.45. The molecule has 1 aliphatic heterocycles. The van der Waals surface area contributed by atoms with Crippen molar-refractivity contribution in [3.63, 3.8) is 0 Å². The van der Waals surface area contributed by atoms with Crippen molar-refractivity contribution in [3.05, 3.63) is 0 Å². The zero-order chi connectivity index (χ0) is 13.0. The lowest BCUT2D eigenvalue weighted by molar-refractivity contribution is -0.133. The van der Waals surface area contributed by atoms with E-state index in [1.807, 2.05) is 4.90 Å². The summed E-state index contributed by atoms with van der Waals surface area (Å²) in [5.41, 5.74) is 5.81. The molecule has 104 valence electrons. The van der Waals surface area contributed by atoms with Crippen LogP contribution in [0.25, 0.3) is 0 Å². The maximum Gasteiger partial charge on any atom is 0.236 e. The second kappa shape index (κ2) is 6.53. The maximum absolute atomic E-state index is 12.2. The normalized spacial score (nSPS) is 28.9. The molecule has 4 heteroatoms. The molecular weight excluding hydrogens is 226 g/mol. The molecule has 2 N–H and O–H groups in total. The summed E-state index contributed by atoms with van der Waals surface area (Å²) in [5, 5.41) is 0. The van der Waals surface area contributed by atoms with Crippen molar-refractivity contribution in [2.75, 3.05) is 33.2 Å². The van der Waals surface area contributed by atoms with Gasteiger partial charge in [-0.25, -0.2) is 0 Å². The Balaban J connectivity index is 1.82. The van der Waals surface area contributed by atoms with Crippen molar-refractivity contribution in [3.8, 4) is 0 Å². The number of piperidine rings is 1. The minimum Gasteiger partial charge on any atom is -0.342 e. The zero-order valence-electron chi connectivity index (χ0n) is 11.6. The molecule has 1 heterocycles. The first-order chi connectivity index (χ1) is 8.72. The summed E-state index contributed by atoms with van der Waals surface area (Å²) in [6.07, 6.45) is 7.30. The quantitative estimate of drug-likeness (QED) is 0.815. The molecule has 0 bridgehead atoms. The van der Waals surface area contributed by atoms with E-state index in [4.69, 9.17) is 5.73 Å². The lowest BCUT2D eigenvalue weighted by Crippen LogP contribution is -2.46. The predicted octanol–water partition coefficient (Wildman–Crippen LogP) is 1.06. The second-order valence-corrected chi connectivity index (χ2v) is 5.85. The van der Waals surface area contributed by atoms with Gasteiger partial charge in [-0.3, -0.25) is 9.69 Å². The molecule has 1 amide bonds. The maximum atomic E-state index is 12.2.